The number of aromatic nitrogens is 4. The number of nitrogens with zero attached hydrogens (tertiary/aromatic N) is 4. The zero-order chi connectivity index (χ0) is 15.0. The molecule has 3 rings (SSSR count). The van der Waals surface area contributed by atoms with E-state index < -0.39 is 0 Å². The second-order valence-corrected chi connectivity index (χ2v) is 5.25. The van der Waals surface area contributed by atoms with Gasteiger partial charge in [-0.1, -0.05) is 12.1 Å². The molecule has 3 aromatic rings. The minimum atomic E-state index is 0.659. The molecule has 2 heterocycles. The van der Waals surface area contributed by atoms with Gasteiger partial charge in [-0.25, -0.2) is 4.68 Å². The van der Waals surface area contributed by atoms with E-state index in [2.05, 4.69) is 49.2 Å². The summed E-state index contributed by atoms with van der Waals surface area (Å²) in [6.45, 7) is 7.02. The second-order valence-electron chi connectivity index (χ2n) is 5.25. The summed E-state index contributed by atoms with van der Waals surface area (Å²) < 4.78 is 3.71. The highest BCUT2D eigenvalue weighted by Crippen LogP contribution is 2.26. The monoisotopic (exact) mass is 281 g/mol. The van der Waals surface area contributed by atoms with Crippen molar-refractivity contribution >= 4 is 5.69 Å². The SMILES string of the molecule is CCn1cc(-c2nn(-c3cc(C)ccc3C)cc2N)cn1. The standard InChI is InChI=1S/C16H19N5/c1-4-20-9-13(8-18-20)16-14(17)10-21(19-16)15-7-11(2)5-6-12(15)3/h5-10H,4,17H2,1-3H3. The summed E-state index contributed by atoms with van der Waals surface area (Å²) in [7, 11) is 0. The van der Waals surface area contributed by atoms with E-state index in [0.717, 1.165) is 23.5 Å². The molecule has 1 aromatic carbocycles. The number of nitrogens with two attached hydrogens (primary N) is 1. The summed E-state index contributed by atoms with van der Waals surface area (Å²) in [6, 6.07) is 6.30. The second kappa shape index (κ2) is 5.09. The smallest absolute Gasteiger partial charge is 0.119 e. The van der Waals surface area contributed by atoms with Gasteiger partial charge in [-0.15, -0.1) is 0 Å². The Balaban J connectivity index is 2.07. The van der Waals surface area contributed by atoms with Crippen molar-refractivity contribution in [1.29, 1.82) is 0 Å². The van der Waals surface area contributed by atoms with E-state index in [4.69, 9.17) is 5.73 Å². The van der Waals surface area contributed by atoms with E-state index in [1.807, 2.05) is 21.8 Å². The van der Waals surface area contributed by atoms with E-state index in [0.29, 0.717) is 5.69 Å². The minimum Gasteiger partial charge on any atom is -0.396 e. The fourth-order valence-corrected chi connectivity index (χ4v) is 2.36. The molecule has 5 heteroatoms. The van der Waals surface area contributed by atoms with E-state index >= 15 is 0 Å². The topological polar surface area (TPSA) is 61.7 Å². The number of aryl methyl sites for hydroxylation is 3. The van der Waals surface area contributed by atoms with Crippen LogP contribution in [0.2, 0.25) is 0 Å². The Morgan fingerprint density at radius 1 is 1.19 bits per heavy atom. The maximum atomic E-state index is 6.13. The van der Waals surface area contributed by atoms with E-state index in [1.54, 1.807) is 6.20 Å². The first kappa shape index (κ1) is 13.4. The van der Waals surface area contributed by atoms with Gasteiger partial charge in [0, 0.05) is 18.3 Å². The van der Waals surface area contributed by atoms with Gasteiger partial charge in [0.25, 0.3) is 0 Å². The third kappa shape index (κ3) is 2.42. The molecule has 0 aliphatic heterocycles. The third-order valence-corrected chi connectivity index (χ3v) is 3.58. The maximum Gasteiger partial charge on any atom is 0.119 e. The highest BCUT2D eigenvalue weighted by Gasteiger charge is 2.12. The fraction of sp³-hybridized carbons (Fsp3) is 0.250. The predicted molar refractivity (Wildman–Crippen MR) is 84.3 cm³/mol. The van der Waals surface area contributed by atoms with Gasteiger partial charge in [0.15, 0.2) is 0 Å². The largest absolute Gasteiger partial charge is 0.396 e. The van der Waals surface area contributed by atoms with E-state index in [9.17, 15) is 0 Å². The highest BCUT2D eigenvalue weighted by molar-refractivity contribution is 5.71. The Morgan fingerprint density at radius 3 is 2.71 bits per heavy atom. The van der Waals surface area contributed by atoms with Crippen molar-refractivity contribution in [2.45, 2.75) is 27.3 Å². The number of anilines is 1. The van der Waals surface area contributed by atoms with Gasteiger partial charge in [0.1, 0.15) is 5.69 Å². The van der Waals surface area contributed by atoms with Crippen LogP contribution in [-0.2, 0) is 6.54 Å². The molecule has 0 aliphatic rings. The molecule has 2 N–H and O–H groups in total. The first-order valence-electron chi connectivity index (χ1n) is 7.04. The lowest BCUT2D eigenvalue weighted by molar-refractivity contribution is 0.660. The van der Waals surface area contributed by atoms with Crippen LogP contribution < -0.4 is 5.73 Å². The first-order valence-corrected chi connectivity index (χ1v) is 7.04. The molecule has 2 aromatic heterocycles. The van der Waals surface area contributed by atoms with Gasteiger partial charge in [0.05, 0.1) is 23.8 Å². The van der Waals surface area contributed by atoms with Crippen LogP contribution in [0.1, 0.15) is 18.1 Å². The molecule has 0 fully saturated rings. The summed E-state index contributed by atoms with van der Waals surface area (Å²) in [6.07, 6.45) is 5.63. The predicted octanol–water partition coefficient (Wildman–Crippen LogP) is 2.95. The summed E-state index contributed by atoms with van der Waals surface area (Å²) in [5.41, 5.74) is 11.9. The Hall–Kier alpha value is -2.56. The number of rotatable bonds is 3. The van der Waals surface area contributed by atoms with Crippen LogP contribution in [0.3, 0.4) is 0 Å². The van der Waals surface area contributed by atoms with E-state index in [-0.39, 0.29) is 0 Å². The lowest BCUT2D eigenvalue weighted by Crippen LogP contribution is -1.98. The molecule has 0 amide bonds. The molecule has 0 atom stereocenters. The van der Waals surface area contributed by atoms with Gasteiger partial charge in [0.2, 0.25) is 0 Å². The van der Waals surface area contributed by atoms with Crippen molar-refractivity contribution in [3.63, 3.8) is 0 Å². The molecule has 108 valence electrons. The molecule has 0 aliphatic carbocycles. The van der Waals surface area contributed by atoms with Crippen molar-refractivity contribution in [2.24, 2.45) is 0 Å². The zero-order valence-corrected chi connectivity index (χ0v) is 12.5. The molecule has 0 unspecified atom stereocenters. The highest BCUT2D eigenvalue weighted by atomic mass is 15.3. The normalized spacial score (nSPS) is 11.0. The molecule has 21 heavy (non-hydrogen) atoms. The van der Waals surface area contributed by atoms with Crippen LogP contribution in [0.4, 0.5) is 5.69 Å². The van der Waals surface area contributed by atoms with Crippen molar-refractivity contribution in [3.05, 3.63) is 47.9 Å². The molecule has 0 saturated heterocycles. The van der Waals surface area contributed by atoms with Crippen LogP contribution in [0.5, 0.6) is 0 Å². The molecule has 5 nitrogen and oxygen atoms in total. The van der Waals surface area contributed by atoms with Crippen LogP contribution in [-0.4, -0.2) is 19.6 Å². The quantitative estimate of drug-likeness (QED) is 0.803. The third-order valence-electron chi connectivity index (χ3n) is 3.58. The number of hydrogen-bond acceptors (Lipinski definition) is 3. The van der Waals surface area contributed by atoms with Crippen molar-refractivity contribution in [2.75, 3.05) is 5.73 Å². The Kier molecular flexibility index (Phi) is 3.25. The van der Waals surface area contributed by atoms with Gasteiger partial charge >= 0.3 is 0 Å². The van der Waals surface area contributed by atoms with Gasteiger partial charge in [-0.2, -0.15) is 10.2 Å². The molecular weight excluding hydrogens is 262 g/mol. The average Bonchev–Trinajstić information content (AvgIpc) is 3.07. The van der Waals surface area contributed by atoms with Crippen LogP contribution in [0.15, 0.2) is 36.8 Å². The number of nitrogen functional groups attached to an aromatic ring is 1. The van der Waals surface area contributed by atoms with Crippen LogP contribution in [0, 0.1) is 13.8 Å². The Labute approximate surface area is 124 Å². The summed E-state index contributed by atoms with van der Waals surface area (Å²) >= 11 is 0. The van der Waals surface area contributed by atoms with Crippen LogP contribution in [0.25, 0.3) is 16.9 Å². The molecule has 0 radical (unpaired) electrons. The van der Waals surface area contributed by atoms with Gasteiger partial charge < -0.3 is 5.73 Å². The summed E-state index contributed by atoms with van der Waals surface area (Å²) in [4.78, 5) is 0. The Morgan fingerprint density at radius 2 is 2.00 bits per heavy atom. The van der Waals surface area contributed by atoms with Gasteiger partial charge in [-0.3, -0.25) is 4.68 Å². The zero-order valence-electron chi connectivity index (χ0n) is 12.5. The maximum absolute atomic E-state index is 6.13. The van der Waals surface area contributed by atoms with E-state index in [1.165, 1.54) is 11.1 Å². The summed E-state index contributed by atoms with van der Waals surface area (Å²) in [5, 5.41) is 8.92. The van der Waals surface area contributed by atoms with Crippen molar-refractivity contribution in [1.82, 2.24) is 19.6 Å². The fourth-order valence-electron chi connectivity index (χ4n) is 2.36. The number of benzene rings is 1. The molecule has 0 bridgehead atoms. The van der Waals surface area contributed by atoms with Crippen LogP contribution >= 0.6 is 0 Å². The lowest BCUT2D eigenvalue weighted by Gasteiger charge is -2.06. The Bertz CT molecular complexity index is 782. The molecule has 0 saturated carbocycles. The van der Waals surface area contributed by atoms with Crippen molar-refractivity contribution < 1.29 is 0 Å². The average molecular weight is 281 g/mol. The minimum absolute atomic E-state index is 0.659. The number of hydrogen-bond donors (Lipinski definition) is 1. The van der Waals surface area contributed by atoms with Gasteiger partial charge in [-0.05, 0) is 38.0 Å². The first-order chi connectivity index (χ1) is 10.1. The molecule has 0 spiro atoms. The summed E-state index contributed by atoms with van der Waals surface area (Å²) in [5.74, 6) is 0. The molecular formula is C16H19N5. The van der Waals surface area contributed by atoms with Crippen molar-refractivity contribution in [3.8, 4) is 16.9 Å². The lowest BCUT2D eigenvalue weighted by atomic mass is 10.1.